The molecule has 5 heteroatoms. The van der Waals surface area contributed by atoms with Crippen molar-refractivity contribution in [1.29, 1.82) is 0 Å². The Hall–Kier alpha value is 0.0569. The van der Waals surface area contributed by atoms with Gasteiger partial charge in [0.15, 0.2) is 0 Å². The fourth-order valence-corrected chi connectivity index (χ4v) is 5.66. The Labute approximate surface area is 138 Å². The fourth-order valence-electron chi connectivity index (χ4n) is 3.43. The zero-order valence-electron chi connectivity index (χ0n) is 15.4. The zero-order chi connectivity index (χ0) is 16.6. The lowest BCUT2D eigenvalue weighted by molar-refractivity contribution is -0.0495. The van der Waals surface area contributed by atoms with E-state index in [4.69, 9.17) is 18.0 Å². The predicted octanol–water partition coefficient (Wildman–Crippen LogP) is 4.05. The van der Waals surface area contributed by atoms with Crippen LogP contribution in [0, 0.1) is 17.8 Å². The van der Waals surface area contributed by atoms with Gasteiger partial charge in [-0.05, 0) is 51.4 Å². The van der Waals surface area contributed by atoms with Gasteiger partial charge in [0.2, 0.25) is 0 Å². The van der Waals surface area contributed by atoms with Gasteiger partial charge < -0.3 is 18.0 Å². The zero-order valence-corrected chi connectivity index (χ0v) is 16.4. The van der Waals surface area contributed by atoms with Crippen LogP contribution in [0.3, 0.4) is 0 Å². The van der Waals surface area contributed by atoms with Gasteiger partial charge >= 0.3 is 8.80 Å². The minimum absolute atomic E-state index is 0.303. The van der Waals surface area contributed by atoms with Crippen LogP contribution in [-0.4, -0.2) is 41.0 Å². The lowest BCUT2D eigenvalue weighted by Crippen LogP contribution is -2.52. The Balaban J connectivity index is 2.70. The van der Waals surface area contributed by atoms with E-state index in [9.17, 15) is 0 Å². The third kappa shape index (κ3) is 5.93. The molecule has 132 valence electrons. The van der Waals surface area contributed by atoms with Crippen molar-refractivity contribution in [1.82, 2.24) is 0 Å². The number of hydrogen-bond acceptors (Lipinski definition) is 4. The second-order valence-electron chi connectivity index (χ2n) is 6.66. The number of hydrogen-bond donors (Lipinski definition) is 0. The van der Waals surface area contributed by atoms with Crippen molar-refractivity contribution in [3.63, 3.8) is 0 Å². The largest absolute Gasteiger partial charge is 0.528 e. The van der Waals surface area contributed by atoms with Crippen LogP contribution in [0.4, 0.5) is 0 Å². The summed E-state index contributed by atoms with van der Waals surface area (Å²) in [5.41, 5.74) is 0. The summed E-state index contributed by atoms with van der Waals surface area (Å²) < 4.78 is 24.0. The molecule has 4 nitrogen and oxygen atoms in total. The highest BCUT2D eigenvalue weighted by molar-refractivity contribution is 6.60. The van der Waals surface area contributed by atoms with Crippen LogP contribution >= 0.6 is 0 Å². The van der Waals surface area contributed by atoms with Gasteiger partial charge in [0.1, 0.15) is 6.23 Å². The highest BCUT2D eigenvalue weighted by Gasteiger charge is 2.43. The maximum atomic E-state index is 6.34. The summed E-state index contributed by atoms with van der Waals surface area (Å²) in [5.74, 6) is 2.02. The van der Waals surface area contributed by atoms with Gasteiger partial charge in [-0.25, -0.2) is 0 Å². The summed E-state index contributed by atoms with van der Waals surface area (Å²) in [7, 11) is -2.69. The second-order valence-corrected chi connectivity index (χ2v) is 9.18. The molecule has 0 aromatic carbocycles. The van der Waals surface area contributed by atoms with Crippen LogP contribution in [0.5, 0.6) is 0 Å². The van der Waals surface area contributed by atoms with E-state index in [1.165, 1.54) is 12.8 Å². The molecule has 0 N–H and O–H groups in total. The molecule has 0 heterocycles. The van der Waals surface area contributed by atoms with E-state index in [-0.39, 0.29) is 0 Å². The summed E-state index contributed by atoms with van der Waals surface area (Å²) in [6.45, 7) is 14.7. The minimum atomic E-state index is -2.69. The highest BCUT2D eigenvalue weighted by atomic mass is 28.4. The van der Waals surface area contributed by atoms with Gasteiger partial charge in [0.05, 0.1) is 6.10 Å². The molecule has 1 aliphatic rings. The van der Waals surface area contributed by atoms with E-state index in [0.717, 1.165) is 12.3 Å². The van der Waals surface area contributed by atoms with E-state index in [1.54, 1.807) is 0 Å². The molecular weight excluding hydrogens is 296 g/mol. The molecular formula is C17H36O4Si. The first-order chi connectivity index (χ1) is 10.5. The standard InChI is InChI=1S/C17H36O4Si/c1-7-19-22(20-8-2,21-9-3)13-18-17-12-15(6)10-11-16(17)14(4)5/h14-17H,7-13H2,1-6H3. The molecule has 0 aromatic heterocycles. The molecule has 1 fully saturated rings. The monoisotopic (exact) mass is 332 g/mol. The first-order valence-electron chi connectivity index (χ1n) is 9.01. The third-order valence-electron chi connectivity index (χ3n) is 4.53. The van der Waals surface area contributed by atoms with Crippen LogP contribution in [0.15, 0.2) is 0 Å². The molecule has 0 saturated heterocycles. The molecule has 1 saturated carbocycles. The quantitative estimate of drug-likeness (QED) is 0.566. The van der Waals surface area contributed by atoms with Crippen molar-refractivity contribution >= 4 is 8.80 Å². The molecule has 3 atom stereocenters. The van der Waals surface area contributed by atoms with E-state index >= 15 is 0 Å². The van der Waals surface area contributed by atoms with E-state index < -0.39 is 8.80 Å². The van der Waals surface area contributed by atoms with Crippen molar-refractivity contribution in [3.05, 3.63) is 0 Å². The smallest absolute Gasteiger partial charge is 0.373 e. The van der Waals surface area contributed by atoms with Crippen LogP contribution in [-0.2, 0) is 18.0 Å². The van der Waals surface area contributed by atoms with Crippen molar-refractivity contribution in [2.24, 2.45) is 17.8 Å². The van der Waals surface area contributed by atoms with Gasteiger partial charge in [-0.2, -0.15) is 0 Å². The maximum Gasteiger partial charge on any atom is 0.528 e. The molecule has 0 bridgehead atoms. The lowest BCUT2D eigenvalue weighted by atomic mass is 9.75. The Bertz CT molecular complexity index is 281. The molecule has 0 radical (unpaired) electrons. The second kappa shape index (κ2) is 10.0. The summed E-state index contributed by atoms with van der Waals surface area (Å²) in [6, 6.07) is 0. The highest BCUT2D eigenvalue weighted by Crippen LogP contribution is 2.35. The molecule has 1 aliphatic carbocycles. The van der Waals surface area contributed by atoms with Gasteiger partial charge in [-0.15, -0.1) is 0 Å². The normalized spacial score (nSPS) is 26.6. The summed E-state index contributed by atoms with van der Waals surface area (Å²) >= 11 is 0. The third-order valence-corrected chi connectivity index (χ3v) is 7.23. The fraction of sp³-hybridized carbons (Fsp3) is 1.00. The van der Waals surface area contributed by atoms with Crippen molar-refractivity contribution in [2.45, 2.75) is 66.9 Å². The van der Waals surface area contributed by atoms with Gasteiger partial charge in [-0.1, -0.05) is 27.2 Å². The van der Waals surface area contributed by atoms with Crippen LogP contribution in [0.25, 0.3) is 0 Å². The van der Waals surface area contributed by atoms with Crippen molar-refractivity contribution in [3.8, 4) is 0 Å². The first-order valence-corrected chi connectivity index (χ1v) is 10.9. The van der Waals surface area contributed by atoms with Gasteiger partial charge in [-0.3, -0.25) is 0 Å². The Morgan fingerprint density at radius 2 is 1.50 bits per heavy atom. The lowest BCUT2D eigenvalue weighted by Gasteiger charge is -2.38. The maximum absolute atomic E-state index is 6.34. The topological polar surface area (TPSA) is 36.9 Å². The number of rotatable bonds is 10. The molecule has 0 amide bonds. The van der Waals surface area contributed by atoms with E-state index in [1.807, 2.05) is 20.8 Å². The van der Waals surface area contributed by atoms with E-state index in [0.29, 0.717) is 44.0 Å². The average molecular weight is 333 g/mol. The van der Waals surface area contributed by atoms with Crippen molar-refractivity contribution < 1.29 is 18.0 Å². The Morgan fingerprint density at radius 1 is 0.955 bits per heavy atom. The van der Waals surface area contributed by atoms with Gasteiger partial charge in [0, 0.05) is 19.8 Å². The van der Waals surface area contributed by atoms with Crippen LogP contribution < -0.4 is 0 Å². The Kier molecular flexibility index (Phi) is 9.17. The average Bonchev–Trinajstić information content (AvgIpc) is 2.46. The Morgan fingerprint density at radius 3 is 1.95 bits per heavy atom. The molecule has 1 rings (SSSR count). The molecule has 0 aliphatic heterocycles. The minimum Gasteiger partial charge on any atom is -0.373 e. The SMILES string of the molecule is CCO[Si](COC1CC(C)CCC1C(C)C)(OCC)OCC. The molecule has 0 spiro atoms. The summed E-state index contributed by atoms with van der Waals surface area (Å²) in [5, 5.41) is 0. The number of ether oxygens (including phenoxy) is 1. The molecule has 3 unspecified atom stereocenters. The van der Waals surface area contributed by atoms with E-state index in [2.05, 4.69) is 20.8 Å². The molecule has 0 aromatic rings. The summed E-state index contributed by atoms with van der Waals surface area (Å²) in [6.07, 6.45) is 4.49. The summed E-state index contributed by atoms with van der Waals surface area (Å²) in [4.78, 5) is 0. The predicted molar refractivity (Wildman–Crippen MR) is 91.7 cm³/mol. The van der Waals surface area contributed by atoms with Crippen LogP contribution in [0.1, 0.15) is 60.8 Å². The van der Waals surface area contributed by atoms with Crippen LogP contribution in [0.2, 0.25) is 0 Å². The van der Waals surface area contributed by atoms with Gasteiger partial charge in [0.25, 0.3) is 0 Å². The first kappa shape index (κ1) is 20.1. The molecule has 22 heavy (non-hydrogen) atoms. The van der Waals surface area contributed by atoms with Crippen molar-refractivity contribution in [2.75, 3.05) is 26.1 Å².